The zero-order chi connectivity index (χ0) is 15.9. The molecule has 1 rings (SSSR count). The molecule has 0 fully saturated rings. The van der Waals surface area contributed by atoms with Crippen LogP contribution in [0.3, 0.4) is 0 Å². The molecule has 1 amide bonds. The van der Waals surface area contributed by atoms with Crippen molar-refractivity contribution < 1.29 is 13.2 Å². The first-order chi connectivity index (χ1) is 9.82. The molecular formula is C14H21BrN2O3S. The van der Waals surface area contributed by atoms with Crippen LogP contribution in [0.15, 0.2) is 28.7 Å². The lowest BCUT2D eigenvalue weighted by Gasteiger charge is -2.19. The number of carbonyl (C=O) groups is 1. The van der Waals surface area contributed by atoms with Crippen LogP contribution < -0.4 is 5.32 Å². The van der Waals surface area contributed by atoms with E-state index in [0.717, 1.165) is 16.5 Å². The number of carbonyl (C=O) groups excluding carboxylic acids is 1. The molecule has 5 nitrogen and oxygen atoms in total. The van der Waals surface area contributed by atoms with E-state index in [9.17, 15) is 13.2 Å². The first kappa shape index (κ1) is 18.1. The van der Waals surface area contributed by atoms with Gasteiger partial charge in [-0.2, -0.15) is 0 Å². The third-order valence-corrected chi connectivity index (χ3v) is 4.74. The van der Waals surface area contributed by atoms with Crippen LogP contribution in [0.25, 0.3) is 0 Å². The predicted octanol–water partition coefficient (Wildman–Crippen LogP) is 1.78. The van der Waals surface area contributed by atoms with Gasteiger partial charge in [0.05, 0.1) is 12.7 Å². The average molecular weight is 377 g/mol. The summed E-state index contributed by atoms with van der Waals surface area (Å²) in [6.07, 6.45) is 2.23. The van der Waals surface area contributed by atoms with Crippen molar-refractivity contribution in [1.29, 1.82) is 0 Å². The second kappa shape index (κ2) is 8.51. The Morgan fingerprint density at radius 1 is 1.24 bits per heavy atom. The number of hydrogen-bond acceptors (Lipinski definition) is 3. The highest BCUT2D eigenvalue weighted by Crippen LogP contribution is 2.10. The third kappa shape index (κ3) is 7.06. The van der Waals surface area contributed by atoms with Crippen molar-refractivity contribution in [1.82, 2.24) is 9.62 Å². The van der Waals surface area contributed by atoms with Crippen LogP contribution in [0.4, 0.5) is 0 Å². The topological polar surface area (TPSA) is 66.5 Å². The largest absolute Gasteiger partial charge is 0.354 e. The van der Waals surface area contributed by atoms with E-state index in [-0.39, 0.29) is 5.91 Å². The second-order valence-corrected chi connectivity index (χ2v) is 7.71. The van der Waals surface area contributed by atoms with Gasteiger partial charge in [0.25, 0.3) is 0 Å². The van der Waals surface area contributed by atoms with Gasteiger partial charge in [0.15, 0.2) is 0 Å². The molecule has 0 bridgehead atoms. The van der Waals surface area contributed by atoms with Gasteiger partial charge in [-0.1, -0.05) is 35.0 Å². The summed E-state index contributed by atoms with van der Waals surface area (Å²) < 4.78 is 25.4. The van der Waals surface area contributed by atoms with Gasteiger partial charge in [0.2, 0.25) is 15.9 Å². The minimum absolute atomic E-state index is 0.109. The molecule has 1 aromatic carbocycles. The lowest BCUT2D eigenvalue weighted by molar-refractivity contribution is -0.120. The van der Waals surface area contributed by atoms with Gasteiger partial charge in [-0.15, -0.1) is 0 Å². The summed E-state index contributed by atoms with van der Waals surface area (Å²) in [6, 6.07) is 7.53. The van der Waals surface area contributed by atoms with Crippen molar-refractivity contribution in [2.45, 2.75) is 19.8 Å². The quantitative estimate of drug-likeness (QED) is 0.751. The first-order valence-electron chi connectivity index (χ1n) is 6.79. The fourth-order valence-electron chi connectivity index (χ4n) is 1.86. The van der Waals surface area contributed by atoms with Gasteiger partial charge >= 0.3 is 0 Å². The van der Waals surface area contributed by atoms with E-state index in [0.29, 0.717) is 26.1 Å². The van der Waals surface area contributed by atoms with Gasteiger partial charge < -0.3 is 5.32 Å². The van der Waals surface area contributed by atoms with Crippen LogP contribution in [-0.2, 0) is 21.2 Å². The smallest absolute Gasteiger partial charge is 0.224 e. The second-order valence-electron chi connectivity index (χ2n) is 4.82. The van der Waals surface area contributed by atoms with Crippen molar-refractivity contribution in [3.63, 3.8) is 0 Å². The van der Waals surface area contributed by atoms with E-state index >= 15 is 0 Å². The van der Waals surface area contributed by atoms with E-state index < -0.39 is 10.0 Å². The first-order valence-corrected chi connectivity index (χ1v) is 9.43. The van der Waals surface area contributed by atoms with Crippen LogP contribution in [0.2, 0.25) is 0 Å². The Bertz CT molecular complexity index is 558. The summed E-state index contributed by atoms with van der Waals surface area (Å²) in [5.74, 6) is -0.109. The number of halogens is 1. The molecule has 0 spiro atoms. The number of nitrogens with one attached hydrogen (secondary N) is 1. The van der Waals surface area contributed by atoms with E-state index in [1.165, 1.54) is 10.6 Å². The molecule has 0 saturated carbocycles. The summed E-state index contributed by atoms with van der Waals surface area (Å²) >= 11 is 3.34. The fourth-order valence-corrected chi connectivity index (χ4v) is 3.06. The van der Waals surface area contributed by atoms with Gasteiger partial charge in [-0.05, 0) is 24.1 Å². The standard InChI is InChI=1S/C14H21BrN2O3S/c1-3-9-17(21(2,19)20)10-8-16-14(18)11-12-4-6-13(15)7-5-12/h4-7H,3,8-11H2,1-2H3,(H,16,18). The molecule has 0 radical (unpaired) electrons. The summed E-state index contributed by atoms with van der Waals surface area (Å²) in [7, 11) is -3.21. The molecule has 0 aliphatic rings. The Morgan fingerprint density at radius 3 is 2.38 bits per heavy atom. The van der Waals surface area contributed by atoms with Crippen molar-refractivity contribution in [2.24, 2.45) is 0 Å². The normalized spacial score (nSPS) is 11.6. The molecule has 0 aliphatic heterocycles. The predicted molar refractivity (Wildman–Crippen MR) is 87.6 cm³/mol. The molecule has 1 aromatic rings. The molecular weight excluding hydrogens is 356 g/mol. The summed E-state index contributed by atoms with van der Waals surface area (Å²) in [4.78, 5) is 11.8. The number of sulfonamides is 1. The highest BCUT2D eigenvalue weighted by Gasteiger charge is 2.15. The molecule has 0 aliphatic carbocycles. The maximum atomic E-state index is 11.8. The summed E-state index contributed by atoms with van der Waals surface area (Å²) in [5, 5.41) is 2.75. The molecule has 0 atom stereocenters. The van der Waals surface area contributed by atoms with Crippen molar-refractivity contribution in [3.8, 4) is 0 Å². The summed E-state index contributed by atoms with van der Waals surface area (Å²) in [5.41, 5.74) is 0.921. The van der Waals surface area contributed by atoms with Crippen molar-refractivity contribution >= 4 is 31.9 Å². The van der Waals surface area contributed by atoms with E-state index in [2.05, 4.69) is 21.2 Å². The highest BCUT2D eigenvalue weighted by atomic mass is 79.9. The Morgan fingerprint density at radius 2 is 1.86 bits per heavy atom. The maximum absolute atomic E-state index is 11.8. The van der Waals surface area contributed by atoms with E-state index in [1.807, 2.05) is 31.2 Å². The van der Waals surface area contributed by atoms with Crippen LogP contribution in [0, 0.1) is 0 Å². The molecule has 7 heteroatoms. The zero-order valence-corrected chi connectivity index (χ0v) is 14.7. The summed E-state index contributed by atoms with van der Waals surface area (Å²) in [6.45, 7) is 3.02. The Balaban J connectivity index is 2.40. The monoisotopic (exact) mass is 376 g/mol. The number of nitrogens with zero attached hydrogens (tertiary/aromatic N) is 1. The van der Waals surface area contributed by atoms with Crippen LogP contribution in [-0.4, -0.2) is 44.5 Å². The zero-order valence-electron chi connectivity index (χ0n) is 12.3. The fraction of sp³-hybridized carbons (Fsp3) is 0.500. The van der Waals surface area contributed by atoms with Gasteiger partial charge in [0, 0.05) is 24.1 Å². The molecule has 1 N–H and O–H groups in total. The van der Waals surface area contributed by atoms with Crippen LogP contribution >= 0.6 is 15.9 Å². The Kier molecular flexibility index (Phi) is 7.34. The van der Waals surface area contributed by atoms with E-state index in [4.69, 9.17) is 0 Å². The lowest BCUT2D eigenvalue weighted by Crippen LogP contribution is -2.38. The van der Waals surface area contributed by atoms with E-state index in [1.54, 1.807) is 0 Å². The minimum atomic E-state index is -3.21. The molecule has 21 heavy (non-hydrogen) atoms. The van der Waals surface area contributed by atoms with Crippen LogP contribution in [0.1, 0.15) is 18.9 Å². The lowest BCUT2D eigenvalue weighted by atomic mass is 10.1. The molecule has 0 unspecified atom stereocenters. The number of rotatable bonds is 8. The Hall–Kier alpha value is -0.920. The van der Waals surface area contributed by atoms with Crippen molar-refractivity contribution in [3.05, 3.63) is 34.3 Å². The maximum Gasteiger partial charge on any atom is 0.224 e. The average Bonchev–Trinajstić information content (AvgIpc) is 2.39. The SMILES string of the molecule is CCCN(CCNC(=O)Cc1ccc(Br)cc1)S(C)(=O)=O. The molecule has 0 saturated heterocycles. The minimum Gasteiger partial charge on any atom is -0.354 e. The molecule has 118 valence electrons. The van der Waals surface area contributed by atoms with Gasteiger partial charge in [0.1, 0.15) is 0 Å². The van der Waals surface area contributed by atoms with Gasteiger partial charge in [-0.3, -0.25) is 4.79 Å². The number of benzene rings is 1. The third-order valence-electron chi connectivity index (χ3n) is 2.90. The Labute approximate surface area is 134 Å². The number of amides is 1. The number of hydrogen-bond donors (Lipinski definition) is 1. The van der Waals surface area contributed by atoms with Gasteiger partial charge in [-0.25, -0.2) is 12.7 Å². The van der Waals surface area contributed by atoms with Crippen molar-refractivity contribution in [2.75, 3.05) is 25.9 Å². The highest BCUT2D eigenvalue weighted by molar-refractivity contribution is 9.10. The molecule has 0 heterocycles. The van der Waals surface area contributed by atoms with Crippen LogP contribution in [0.5, 0.6) is 0 Å². The molecule has 0 aromatic heterocycles.